The highest BCUT2D eigenvalue weighted by Crippen LogP contribution is 2.25. The van der Waals surface area contributed by atoms with E-state index in [4.69, 9.17) is 9.62 Å². The Hall–Kier alpha value is -2.70. The van der Waals surface area contributed by atoms with Gasteiger partial charge in [0.05, 0.1) is 0 Å². The van der Waals surface area contributed by atoms with Crippen molar-refractivity contribution in [1.82, 2.24) is 15.8 Å². The summed E-state index contributed by atoms with van der Waals surface area (Å²) in [7, 11) is 0. The van der Waals surface area contributed by atoms with Crippen LogP contribution in [0.2, 0.25) is 0 Å². The number of fused-ring (bicyclic) bond motifs is 1. The topological polar surface area (TPSA) is 87.4 Å². The molecule has 0 aliphatic heterocycles. The molecule has 0 saturated heterocycles. The van der Waals surface area contributed by atoms with Gasteiger partial charge in [-0.25, -0.2) is 10.5 Å². The molecule has 130 valence electrons. The van der Waals surface area contributed by atoms with Gasteiger partial charge in [0.2, 0.25) is 5.89 Å². The molecule has 2 aromatic carbocycles. The van der Waals surface area contributed by atoms with E-state index >= 15 is 0 Å². The van der Waals surface area contributed by atoms with Gasteiger partial charge in [-0.2, -0.15) is 0 Å². The smallest absolute Gasteiger partial charge is 0.274 e. The number of carbonyl (C=O) groups excluding carboxylic acids is 1. The summed E-state index contributed by atoms with van der Waals surface area (Å²) in [5.41, 5.74) is 5.19. The third kappa shape index (κ3) is 4.04. The van der Waals surface area contributed by atoms with Gasteiger partial charge in [0, 0.05) is 23.2 Å². The molecule has 3 N–H and O–H groups in total. The van der Waals surface area contributed by atoms with Crippen molar-refractivity contribution < 1.29 is 14.4 Å². The second-order valence-corrected chi connectivity index (χ2v) is 6.94. The average molecular weight is 339 g/mol. The Morgan fingerprint density at radius 2 is 1.88 bits per heavy atom. The van der Waals surface area contributed by atoms with E-state index in [0.29, 0.717) is 22.6 Å². The first-order valence-corrected chi connectivity index (χ1v) is 8.05. The van der Waals surface area contributed by atoms with Crippen LogP contribution in [-0.4, -0.2) is 21.6 Å². The SMILES string of the molecule is CC(C)(C)NCc1ccc(-c2nc3cc(C(=O)NO)ccc3o2)cc1. The number of oxazole rings is 1. The first-order valence-electron chi connectivity index (χ1n) is 8.05. The van der Waals surface area contributed by atoms with E-state index in [1.807, 2.05) is 24.3 Å². The lowest BCUT2D eigenvalue weighted by molar-refractivity contribution is 0.0706. The van der Waals surface area contributed by atoms with Crippen LogP contribution in [0.3, 0.4) is 0 Å². The minimum atomic E-state index is -0.581. The maximum absolute atomic E-state index is 11.5. The molecule has 0 fully saturated rings. The summed E-state index contributed by atoms with van der Waals surface area (Å²) < 4.78 is 5.76. The number of nitrogens with one attached hydrogen (secondary N) is 2. The van der Waals surface area contributed by atoms with Crippen LogP contribution in [0.5, 0.6) is 0 Å². The molecule has 0 aliphatic carbocycles. The van der Waals surface area contributed by atoms with Crippen molar-refractivity contribution in [2.24, 2.45) is 0 Å². The van der Waals surface area contributed by atoms with E-state index in [1.165, 1.54) is 5.56 Å². The van der Waals surface area contributed by atoms with E-state index in [0.717, 1.165) is 12.1 Å². The minimum Gasteiger partial charge on any atom is -0.436 e. The number of nitrogens with zero attached hydrogens (tertiary/aromatic N) is 1. The molecule has 6 heteroatoms. The number of aromatic nitrogens is 1. The zero-order valence-corrected chi connectivity index (χ0v) is 14.5. The van der Waals surface area contributed by atoms with Gasteiger partial charge < -0.3 is 9.73 Å². The summed E-state index contributed by atoms with van der Waals surface area (Å²) in [5, 5.41) is 12.2. The molecule has 3 aromatic rings. The molecule has 0 bridgehead atoms. The van der Waals surface area contributed by atoms with E-state index in [-0.39, 0.29) is 5.54 Å². The van der Waals surface area contributed by atoms with Gasteiger partial charge in [-0.05, 0) is 56.7 Å². The molecular formula is C19H21N3O3. The van der Waals surface area contributed by atoms with Crippen molar-refractivity contribution in [1.29, 1.82) is 0 Å². The maximum atomic E-state index is 11.5. The lowest BCUT2D eigenvalue weighted by Gasteiger charge is -2.20. The molecule has 1 aromatic heterocycles. The van der Waals surface area contributed by atoms with Crippen LogP contribution in [0.1, 0.15) is 36.7 Å². The predicted molar refractivity (Wildman–Crippen MR) is 95.3 cm³/mol. The van der Waals surface area contributed by atoms with Crippen LogP contribution in [-0.2, 0) is 6.54 Å². The molecule has 3 rings (SSSR count). The quantitative estimate of drug-likeness (QED) is 0.500. The Morgan fingerprint density at radius 3 is 2.52 bits per heavy atom. The molecule has 0 atom stereocenters. The van der Waals surface area contributed by atoms with Gasteiger partial charge in [-0.1, -0.05) is 12.1 Å². The highest BCUT2D eigenvalue weighted by Gasteiger charge is 2.12. The average Bonchev–Trinajstić information content (AvgIpc) is 3.02. The van der Waals surface area contributed by atoms with Crippen molar-refractivity contribution in [3.05, 3.63) is 53.6 Å². The van der Waals surface area contributed by atoms with Gasteiger partial charge in [0.15, 0.2) is 5.58 Å². The van der Waals surface area contributed by atoms with Crippen LogP contribution in [0.15, 0.2) is 46.9 Å². The van der Waals surface area contributed by atoms with Crippen molar-refractivity contribution in [3.63, 3.8) is 0 Å². The number of hydrogen-bond acceptors (Lipinski definition) is 5. The summed E-state index contributed by atoms with van der Waals surface area (Å²) in [6, 6.07) is 12.8. The maximum Gasteiger partial charge on any atom is 0.274 e. The first-order chi connectivity index (χ1) is 11.9. The van der Waals surface area contributed by atoms with Crippen LogP contribution < -0.4 is 10.8 Å². The molecule has 6 nitrogen and oxygen atoms in total. The van der Waals surface area contributed by atoms with E-state index in [1.54, 1.807) is 23.7 Å². The highest BCUT2D eigenvalue weighted by molar-refractivity contribution is 5.96. The van der Waals surface area contributed by atoms with Gasteiger partial charge in [0.1, 0.15) is 5.52 Å². The Labute approximate surface area is 145 Å². The second-order valence-electron chi connectivity index (χ2n) is 6.94. The summed E-state index contributed by atoms with van der Waals surface area (Å²) in [5.74, 6) is -0.0889. The highest BCUT2D eigenvalue weighted by atomic mass is 16.5. The molecule has 0 unspecified atom stereocenters. The molecule has 0 aliphatic rings. The molecule has 0 spiro atoms. The summed E-state index contributed by atoms with van der Waals surface area (Å²) >= 11 is 0. The normalized spacial score (nSPS) is 11.7. The molecular weight excluding hydrogens is 318 g/mol. The van der Waals surface area contributed by atoms with Gasteiger partial charge >= 0.3 is 0 Å². The van der Waals surface area contributed by atoms with Crippen LogP contribution in [0, 0.1) is 0 Å². The standard InChI is InChI=1S/C19H21N3O3/c1-19(2,3)20-11-12-4-6-13(7-5-12)18-21-15-10-14(17(23)22-24)8-9-16(15)25-18/h4-10,20,24H,11H2,1-3H3,(H,22,23). The number of hydroxylamine groups is 1. The number of benzene rings is 2. The van der Waals surface area contributed by atoms with Crippen molar-refractivity contribution in [2.75, 3.05) is 0 Å². The van der Waals surface area contributed by atoms with Crippen LogP contribution >= 0.6 is 0 Å². The molecule has 0 radical (unpaired) electrons. The fourth-order valence-corrected chi connectivity index (χ4v) is 2.39. The molecule has 0 saturated carbocycles. The third-order valence-corrected chi connectivity index (χ3v) is 3.78. The zero-order chi connectivity index (χ0) is 18.0. The monoisotopic (exact) mass is 339 g/mol. The van der Waals surface area contributed by atoms with E-state index < -0.39 is 5.91 Å². The Bertz CT molecular complexity index is 892. The summed E-state index contributed by atoms with van der Waals surface area (Å²) in [6.45, 7) is 7.18. The molecule has 1 heterocycles. The lowest BCUT2D eigenvalue weighted by Crippen LogP contribution is -2.35. The molecule has 25 heavy (non-hydrogen) atoms. The fraction of sp³-hybridized carbons (Fsp3) is 0.263. The number of carbonyl (C=O) groups is 1. The van der Waals surface area contributed by atoms with Crippen molar-refractivity contribution >= 4 is 17.0 Å². The molecule has 1 amide bonds. The minimum absolute atomic E-state index is 0.0670. The summed E-state index contributed by atoms with van der Waals surface area (Å²) in [4.78, 5) is 15.9. The number of rotatable bonds is 4. The lowest BCUT2D eigenvalue weighted by atomic mass is 10.1. The van der Waals surface area contributed by atoms with E-state index in [2.05, 4.69) is 31.1 Å². The Kier molecular flexibility index (Phi) is 4.57. The first kappa shape index (κ1) is 17.1. The Balaban J connectivity index is 1.82. The largest absolute Gasteiger partial charge is 0.436 e. The van der Waals surface area contributed by atoms with Crippen molar-refractivity contribution in [3.8, 4) is 11.5 Å². The Morgan fingerprint density at radius 1 is 1.16 bits per heavy atom. The number of amides is 1. The number of hydrogen-bond donors (Lipinski definition) is 3. The van der Waals surface area contributed by atoms with Crippen LogP contribution in [0.25, 0.3) is 22.6 Å². The fourth-order valence-electron chi connectivity index (χ4n) is 2.39. The van der Waals surface area contributed by atoms with Crippen molar-refractivity contribution in [2.45, 2.75) is 32.9 Å². The third-order valence-electron chi connectivity index (χ3n) is 3.78. The van der Waals surface area contributed by atoms with Gasteiger partial charge in [-0.15, -0.1) is 0 Å². The van der Waals surface area contributed by atoms with Gasteiger partial charge in [0.25, 0.3) is 5.91 Å². The zero-order valence-electron chi connectivity index (χ0n) is 14.5. The predicted octanol–water partition coefficient (Wildman–Crippen LogP) is 3.50. The van der Waals surface area contributed by atoms with Gasteiger partial charge in [-0.3, -0.25) is 10.0 Å². The van der Waals surface area contributed by atoms with E-state index in [9.17, 15) is 4.79 Å². The van der Waals surface area contributed by atoms with Crippen LogP contribution in [0.4, 0.5) is 0 Å². The summed E-state index contributed by atoms with van der Waals surface area (Å²) in [6.07, 6.45) is 0. The second kappa shape index (κ2) is 6.66.